The van der Waals surface area contributed by atoms with Gasteiger partial charge in [0.15, 0.2) is 0 Å². The fraction of sp³-hybridized carbons (Fsp3) is 0.267. The van der Waals surface area contributed by atoms with Gasteiger partial charge in [-0.3, -0.25) is 0 Å². The molecule has 1 aromatic carbocycles. The zero-order chi connectivity index (χ0) is 14.7. The molecule has 5 nitrogen and oxygen atoms in total. The van der Waals surface area contributed by atoms with Crippen molar-refractivity contribution in [1.82, 2.24) is 9.97 Å². The van der Waals surface area contributed by atoms with E-state index in [1.54, 1.807) is 12.4 Å². The Balaban J connectivity index is 1.64. The molecule has 2 heterocycles. The van der Waals surface area contributed by atoms with Crippen molar-refractivity contribution in [3.05, 3.63) is 48.4 Å². The number of thiocarbonyl (C=S) groups is 1. The van der Waals surface area contributed by atoms with E-state index in [0.717, 1.165) is 32.0 Å². The second kappa shape index (κ2) is 6.05. The highest BCUT2D eigenvalue weighted by Crippen LogP contribution is 2.18. The highest BCUT2D eigenvalue weighted by atomic mass is 32.1. The predicted molar refractivity (Wildman–Crippen MR) is 88.8 cm³/mol. The molecular weight excluding hydrogens is 282 g/mol. The molecule has 1 aromatic heterocycles. The number of anilines is 2. The highest BCUT2D eigenvalue weighted by Gasteiger charge is 2.18. The summed E-state index contributed by atoms with van der Waals surface area (Å²) in [6.45, 7) is 3.80. The molecule has 3 rings (SSSR count). The molecule has 6 heteroatoms. The topological polar surface area (TPSA) is 58.3 Å². The van der Waals surface area contributed by atoms with E-state index >= 15 is 0 Å². The van der Waals surface area contributed by atoms with Gasteiger partial charge in [-0.05, 0) is 12.1 Å². The first-order valence-corrected chi connectivity index (χ1v) is 7.31. The van der Waals surface area contributed by atoms with Crippen molar-refractivity contribution >= 4 is 28.7 Å². The minimum atomic E-state index is 0.281. The number of benzene rings is 1. The van der Waals surface area contributed by atoms with E-state index in [4.69, 9.17) is 18.0 Å². The lowest BCUT2D eigenvalue weighted by Crippen LogP contribution is -2.46. The van der Waals surface area contributed by atoms with Crippen molar-refractivity contribution in [2.75, 3.05) is 36.0 Å². The number of nitrogens with two attached hydrogens (primary N) is 1. The molecular formula is C15H17N5S. The van der Waals surface area contributed by atoms with Gasteiger partial charge in [0.25, 0.3) is 0 Å². The van der Waals surface area contributed by atoms with E-state index in [0.29, 0.717) is 5.69 Å². The number of hydrogen-bond acceptors (Lipinski definition) is 5. The summed E-state index contributed by atoms with van der Waals surface area (Å²) in [5, 5.41) is 0. The molecule has 2 aromatic rings. The van der Waals surface area contributed by atoms with Crippen molar-refractivity contribution in [3.63, 3.8) is 0 Å². The van der Waals surface area contributed by atoms with Gasteiger partial charge in [-0.2, -0.15) is 0 Å². The standard InChI is InChI=1S/C15H17N5S/c16-15(21)13-10-18-14(11-17-13)20-8-6-19(7-9-20)12-4-2-1-3-5-12/h1-5,10-11H,6-9H2,(H2,16,21). The summed E-state index contributed by atoms with van der Waals surface area (Å²) >= 11 is 4.89. The van der Waals surface area contributed by atoms with Crippen LogP contribution in [0.15, 0.2) is 42.7 Å². The van der Waals surface area contributed by atoms with Crippen LogP contribution in [0.5, 0.6) is 0 Å². The maximum Gasteiger partial charge on any atom is 0.147 e. The number of aromatic nitrogens is 2. The van der Waals surface area contributed by atoms with Gasteiger partial charge in [0.1, 0.15) is 16.5 Å². The Morgan fingerprint density at radius 2 is 1.62 bits per heavy atom. The maximum absolute atomic E-state index is 5.53. The van der Waals surface area contributed by atoms with E-state index in [9.17, 15) is 0 Å². The van der Waals surface area contributed by atoms with Gasteiger partial charge in [-0.15, -0.1) is 0 Å². The Morgan fingerprint density at radius 3 is 2.19 bits per heavy atom. The van der Waals surface area contributed by atoms with E-state index in [2.05, 4.69) is 44.0 Å². The number of para-hydroxylation sites is 1. The van der Waals surface area contributed by atoms with Crippen molar-refractivity contribution < 1.29 is 0 Å². The molecule has 2 N–H and O–H groups in total. The van der Waals surface area contributed by atoms with Gasteiger partial charge in [0.05, 0.1) is 12.4 Å². The molecule has 0 bridgehead atoms. The van der Waals surface area contributed by atoms with Gasteiger partial charge < -0.3 is 15.5 Å². The second-order valence-corrected chi connectivity index (χ2v) is 5.37. The molecule has 0 radical (unpaired) electrons. The molecule has 0 amide bonds. The van der Waals surface area contributed by atoms with E-state index in [1.807, 2.05) is 6.07 Å². The lowest BCUT2D eigenvalue weighted by atomic mass is 10.2. The molecule has 0 unspecified atom stereocenters. The summed E-state index contributed by atoms with van der Waals surface area (Å²) in [5.74, 6) is 0.878. The Kier molecular flexibility index (Phi) is 3.96. The van der Waals surface area contributed by atoms with Crippen LogP contribution >= 0.6 is 12.2 Å². The average Bonchev–Trinajstić information content (AvgIpc) is 2.56. The second-order valence-electron chi connectivity index (χ2n) is 4.93. The Labute approximate surface area is 129 Å². The van der Waals surface area contributed by atoms with Crippen LogP contribution in [0.2, 0.25) is 0 Å². The summed E-state index contributed by atoms with van der Waals surface area (Å²) < 4.78 is 0. The molecule has 1 aliphatic rings. The third-order valence-electron chi connectivity index (χ3n) is 3.62. The highest BCUT2D eigenvalue weighted by molar-refractivity contribution is 7.80. The summed E-state index contributed by atoms with van der Waals surface area (Å²) in [4.78, 5) is 13.5. The smallest absolute Gasteiger partial charge is 0.147 e. The van der Waals surface area contributed by atoms with Crippen molar-refractivity contribution in [2.45, 2.75) is 0 Å². The molecule has 0 atom stereocenters. The number of piperazine rings is 1. The molecule has 0 saturated carbocycles. The number of nitrogens with zero attached hydrogens (tertiary/aromatic N) is 4. The lowest BCUT2D eigenvalue weighted by Gasteiger charge is -2.36. The minimum Gasteiger partial charge on any atom is -0.388 e. The monoisotopic (exact) mass is 299 g/mol. The zero-order valence-corrected chi connectivity index (χ0v) is 12.5. The molecule has 108 valence electrons. The molecule has 0 aliphatic carbocycles. The van der Waals surface area contributed by atoms with Gasteiger partial charge in [-0.25, -0.2) is 9.97 Å². The average molecular weight is 299 g/mol. The molecule has 21 heavy (non-hydrogen) atoms. The Morgan fingerprint density at radius 1 is 0.952 bits per heavy atom. The Hall–Kier alpha value is -2.21. The van der Waals surface area contributed by atoms with Crippen LogP contribution in [0.4, 0.5) is 11.5 Å². The summed E-state index contributed by atoms with van der Waals surface area (Å²) in [6.07, 6.45) is 3.38. The zero-order valence-electron chi connectivity index (χ0n) is 11.6. The third-order valence-corrected chi connectivity index (χ3v) is 3.82. The van der Waals surface area contributed by atoms with Crippen LogP contribution in [-0.2, 0) is 0 Å². The van der Waals surface area contributed by atoms with Crippen molar-refractivity contribution in [2.24, 2.45) is 5.73 Å². The van der Waals surface area contributed by atoms with Crippen LogP contribution in [0.1, 0.15) is 5.69 Å². The maximum atomic E-state index is 5.53. The van der Waals surface area contributed by atoms with Crippen LogP contribution in [0, 0.1) is 0 Å². The lowest BCUT2D eigenvalue weighted by molar-refractivity contribution is 0.646. The first kappa shape index (κ1) is 13.8. The van der Waals surface area contributed by atoms with E-state index < -0.39 is 0 Å². The first-order chi connectivity index (χ1) is 10.2. The molecule has 0 spiro atoms. The number of hydrogen-bond donors (Lipinski definition) is 1. The van der Waals surface area contributed by atoms with Crippen LogP contribution < -0.4 is 15.5 Å². The van der Waals surface area contributed by atoms with Crippen LogP contribution in [0.3, 0.4) is 0 Å². The van der Waals surface area contributed by atoms with Gasteiger partial charge in [-0.1, -0.05) is 30.4 Å². The van der Waals surface area contributed by atoms with Gasteiger partial charge in [0, 0.05) is 31.9 Å². The fourth-order valence-electron chi connectivity index (χ4n) is 2.44. The normalized spacial score (nSPS) is 15.0. The molecule has 1 aliphatic heterocycles. The number of rotatable bonds is 3. The molecule has 1 saturated heterocycles. The summed E-state index contributed by atoms with van der Waals surface area (Å²) in [6, 6.07) is 10.5. The largest absolute Gasteiger partial charge is 0.388 e. The van der Waals surface area contributed by atoms with Crippen LogP contribution in [0.25, 0.3) is 0 Å². The third kappa shape index (κ3) is 3.11. The SMILES string of the molecule is NC(=S)c1cnc(N2CCN(c3ccccc3)CC2)cn1. The minimum absolute atomic E-state index is 0.281. The van der Waals surface area contributed by atoms with E-state index in [1.165, 1.54) is 5.69 Å². The van der Waals surface area contributed by atoms with Crippen molar-refractivity contribution in [1.29, 1.82) is 0 Å². The quantitative estimate of drug-likeness (QED) is 0.866. The van der Waals surface area contributed by atoms with Gasteiger partial charge >= 0.3 is 0 Å². The van der Waals surface area contributed by atoms with E-state index in [-0.39, 0.29) is 4.99 Å². The van der Waals surface area contributed by atoms with Crippen LogP contribution in [-0.4, -0.2) is 41.1 Å². The predicted octanol–water partition coefficient (Wildman–Crippen LogP) is 1.44. The van der Waals surface area contributed by atoms with Gasteiger partial charge in [0.2, 0.25) is 0 Å². The first-order valence-electron chi connectivity index (χ1n) is 6.91. The Bertz CT molecular complexity index is 606. The summed E-state index contributed by atoms with van der Waals surface area (Å²) in [5.41, 5.74) is 7.37. The fourth-order valence-corrected chi connectivity index (χ4v) is 2.55. The van der Waals surface area contributed by atoms with Crippen molar-refractivity contribution in [3.8, 4) is 0 Å². The summed E-state index contributed by atoms with van der Waals surface area (Å²) in [7, 11) is 0. The molecule has 1 fully saturated rings.